The number of urea groups is 1. The van der Waals surface area contributed by atoms with Gasteiger partial charge in [0.2, 0.25) is 0 Å². The Bertz CT molecular complexity index is 959. The molecule has 0 aliphatic carbocycles. The van der Waals surface area contributed by atoms with E-state index in [-0.39, 0.29) is 0 Å². The van der Waals surface area contributed by atoms with Gasteiger partial charge in [0.25, 0.3) is 11.6 Å². The number of fused-ring (bicyclic) bond motifs is 1. The van der Waals surface area contributed by atoms with Crippen LogP contribution >= 0.6 is 0 Å². The van der Waals surface area contributed by atoms with Crippen LogP contribution in [0.5, 0.6) is 5.75 Å². The van der Waals surface area contributed by atoms with Crippen LogP contribution in [0.3, 0.4) is 0 Å². The van der Waals surface area contributed by atoms with Gasteiger partial charge < -0.3 is 25.4 Å². The molecule has 0 bridgehead atoms. The van der Waals surface area contributed by atoms with Crippen LogP contribution < -0.4 is 20.3 Å². The van der Waals surface area contributed by atoms with Crippen molar-refractivity contribution in [2.24, 2.45) is 0 Å². The molecule has 0 aromatic heterocycles. The van der Waals surface area contributed by atoms with E-state index in [2.05, 4.69) is 15.5 Å². The number of aliphatic hydroxyl groups is 1. The minimum Gasteiger partial charge on any atom is -0.494 e. The highest BCUT2D eigenvalue weighted by atomic mass is 16.5. The van der Waals surface area contributed by atoms with Gasteiger partial charge in [-0.2, -0.15) is 0 Å². The van der Waals surface area contributed by atoms with Gasteiger partial charge in [0, 0.05) is 17.8 Å². The lowest BCUT2D eigenvalue weighted by Gasteiger charge is -2.42. The van der Waals surface area contributed by atoms with Gasteiger partial charge in [-0.05, 0) is 76.2 Å². The van der Waals surface area contributed by atoms with Gasteiger partial charge >= 0.3 is 6.03 Å². The van der Waals surface area contributed by atoms with E-state index in [1.165, 1.54) is 12.8 Å². The molecular formula is C24H30N4O4. The molecule has 2 aromatic carbocycles. The quantitative estimate of drug-likeness (QED) is 0.551. The van der Waals surface area contributed by atoms with Crippen molar-refractivity contribution in [3.05, 3.63) is 54.1 Å². The number of nitrogens with one attached hydrogen (secondary N) is 2. The molecule has 8 heteroatoms. The second-order valence-electron chi connectivity index (χ2n) is 8.07. The Morgan fingerprint density at radius 2 is 1.88 bits per heavy atom. The number of ether oxygens (including phenoxy) is 1. The topological polar surface area (TPSA) is 94.1 Å². The predicted octanol–water partition coefficient (Wildman–Crippen LogP) is 2.88. The van der Waals surface area contributed by atoms with E-state index in [1.54, 1.807) is 48.5 Å². The summed E-state index contributed by atoms with van der Waals surface area (Å²) in [5, 5.41) is 17.4. The first kappa shape index (κ1) is 22.1. The van der Waals surface area contributed by atoms with Gasteiger partial charge in [-0.25, -0.2) is 4.79 Å². The summed E-state index contributed by atoms with van der Waals surface area (Å²) in [5.74, 6) is 0.0130. The Labute approximate surface area is 188 Å². The van der Waals surface area contributed by atoms with Crippen molar-refractivity contribution in [1.29, 1.82) is 0 Å². The van der Waals surface area contributed by atoms with Crippen LogP contribution in [0.1, 0.15) is 31.7 Å². The zero-order chi connectivity index (χ0) is 22.6. The molecule has 0 spiro atoms. The lowest BCUT2D eigenvalue weighted by Crippen LogP contribution is -2.62. The molecule has 2 aliphatic rings. The van der Waals surface area contributed by atoms with E-state index in [1.807, 2.05) is 6.92 Å². The fraction of sp³-hybridized carbons (Fsp3) is 0.417. The summed E-state index contributed by atoms with van der Waals surface area (Å²) < 4.78 is 5.47. The minimum absolute atomic E-state index is 0.325. The van der Waals surface area contributed by atoms with Crippen molar-refractivity contribution < 1.29 is 19.4 Å². The zero-order valence-electron chi connectivity index (χ0n) is 18.3. The first-order valence-corrected chi connectivity index (χ1v) is 11.2. The fourth-order valence-electron chi connectivity index (χ4n) is 4.35. The third-order valence-corrected chi connectivity index (χ3v) is 5.93. The number of carbonyl (C=O) groups is 2. The molecule has 32 heavy (non-hydrogen) atoms. The van der Waals surface area contributed by atoms with E-state index in [0.29, 0.717) is 35.8 Å². The number of anilines is 2. The molecule has 0 unspecified atom stereocenters. The molecule has 2 heterocycles. The van der Waals surface area contributed by atoms with Gasteiger partial charge in [0.15, 0.2) is 0 Å². The van der Waals surface area contributed by atoms with Crippen LogP contribution in [0.15, 0.2) is 48.5 Å². The number of hydrogen-bond donors (Lipinski definition) is 3. The number of amides is 3. The average molecular weight is 439 g/mol. The largest absolute Gasteiger partial charge is 0.494 e. The number of likely N-dealkylation sites (tertiary alicyclic amines) is 1. The number of carbonyl (C=O) groups excluding carboxylic acids is 2. The van der Waals surface area contributed by atoms with Crippen molar-refractivity contribution in [2.45, 2.75) is 31.9 Å². The number of rotatable bonds is 8. The second-order valence-corrected chi connectivity index (χ2v) is 8.07. The monoisotopic (exact) mass is 438 g/mol. The SMILES string of the molecule is CCOc1ccc(N2C(=O)Nc3ccccc3[C@@]2(O)C(=O)NCCCN2CCCC2)cc1. The average Bonchev–Trinajstić information content (AvgIpc) is 3.31. The molecule has 2 aromatic rings. The summed E-state index contributed by atoms with van der Waals surface area (Å²) in [6, 6.07) is 13.0. The van der Waals surface area contributed by atoms with Gasteiger partial charge in [-0.3, -0.25) is 9.69 Å². The van der Waals surface area contributed by atoms with E-state index in [9.17, 15) is 14.7 Å². The summed E-state index contributed by atoms with van der Waals surface area (Å²) in [6.45, 7) is 5.90. The van der Waals surface area contributed by atoms with E-state index >= 15 is 0 Å². The first-order valence-electron chi connectivity index (χ1n) is 11.2. The van der Waals surface area contributed by atoms with E-state index < -0.39 is 17.7 Å². The predicted molar refractivity (Wildman–Crippen MR) is 123 cm³/mol. The van der Waals surface area contributed by atoms with E-state index in [0.717, 1.165) is 31.0 Å². The van der Waals surface area contributed by atoms with Crippen LogP contribution in [0.2, 0.25) is 0 Å². The Morgan fingerprint density at radius 3 is 2.59 bits per heavy atom. The Kier molecular flexibility index (Phi) is 6.62. The van der Waals surface area contributed by atoms with Crippen LogP contribution in [-0.4, -0.2) is 54.7 Å². The highest BCUT2D eigenvalue weighted by Crippen LogP contribution is 2.40. The Balaban J connectivity index is 1.59. The van der Waals surface area contributed by atoms with Crippen molar-refractivity contribution in [3.8, 4) is 5.75 Å². The summed E-state index contributed by atoms with van der Waals surface area (Å²) in [4.78, 5) is 29.9. The molecule has 1 atom stereocenters. The molecule has 3 N–H and O–H groups in total. The van der Waals surface area contributed by atoms with Crippen LogP contribution in [0.4, 0.5) is 16.2 Å². The van der Waals surface area contributed by atoms with Crippen molar-refractivity contribution >= 4 is 23.3 Å². The van der Waals surface area contributed by atoms with Crippen molar-refractivity contribution in [3.63, 3.8) is 0 Å². The molecule has 0 radical (unpaired) electrons. The third-order valence-electron chi connectivity index (χ3n) is 5.93. The number of para-hydroxylation sites is 1. The zero-order valence-corrected chi connectivity index (χ0v) is 18.3. The normalized spacial score (nSPS) is 20.6. The summed E-state index contributed by atoms with van der Waals surface area (Å²) in [6.07, 6.45) is 3.21. The number of hydrogen-bond acceptors (Lipinski definition) is 5. The van der Waals surface area contributed by atoms with Gasteiger partial charge in [-0.1, -0.05) is 18.2 Å². The molecule has 3 amide bonds. The summed E-state index contributed by atoms with van der Waals surface area (Å²) >= 11 is 0. The van der Waals surface area contributed by atoms with E-state index in [4.69, 9.17) is 4.74 Å². The molecule has 4 rings (SSSR count). The highest BCUT2D eigenvalue weighted by Gasteiger charge is 2.51. The Hall–Kier alpha value is -3.10. The molecule has 0 saturated carbocycles. The van der Waals surface area contributed by atoms with Crippen molar-refractivity contribution in [1.82, 2.24) is 10.2 Å². The van der Waals surface area contributed by atoms with Crippen LogP contribution in [0.25, 0.3) is 0 Å². The maximum Gasteiger partial charge on any atom is 0.329 e. The molecular weight excluding hydrogens is 408 g/mol. The maximum atomic E-state index is 13.4. The molecule has 170 valence electrons. The van der Waals surface area contributed by atoms with Crippen molar-refractivity contribution in [2.75, 3.05) is 43.0 Å². The van der Waals surface area contributed by atoms with Crippen LogP contribution in [0, 0.1) is 0 Å². The Morgan fingerprint density at radius 1 is 1.16 bits per heavy atom. The standard InChI is InChI=1S/C24H30N4O4/c1-2-32-19-12-10-18(11-13-19)28-23(30)26-21-9-4-3-8-20(21)24(28,31)22(29)25-14-7-17-27-15-5-6-16-27/h3-4,8-13,31H,2,5-7,14-17H2,1H3,(H,25,29)(H,26,30)/t24-/m1/s1. The second kappa shape index (κ2) is 9.58. The minimum atomic E-state index is -2.18. The highest BCUT2D eigenvalue weighted by molar-refractivity contribution is 6.11. The number of nitrogens with zero attached hydrogens (tertiary/aromatic N) is 2. The summed E-state index contributed by atoms with van der Waals surface area (Å²) in [5.41, 5.74) is -1.06. The third kappa shape index (κ3) is 4.28. The smallest absolute Gasteiger partial charge is 0.329 e. The summed E-state index contributed by atoms with van der Waals surface area (Å²) in [7, 11) is 0. The lowest BCUT2D eigenvalue weighted by molar-refractivity contribution is -0.140. The molecule has 2 aliphatic heterocycles. The van der Waals surface area contributed by atoms with Gasteiger partial charge in [-0.15, -0.1) is 0 Å². The lowest BCUT2D eigenvalue weighted by atomic mass is 9.94. The molecule has 1 fully saturated rings. The fourth-order valence-corrected chi connectivity index (χ4v) is 4.35. The molecule has 1 saturated heterocycles. The van der Waals surface area contributed by atoms with Crippen LogP contribution in [-0.2, 0) is 10.5 Å². The van der Waals surface area contributed by atoms with Gasteiger partial charge in [0.05, 0.1) is 12.3 Å². The molecule has 8 nitrogen and oxygen atoms in total. The maximum absolute atomic E-state index is 13.4. The number of benzene rings is 2. The first-order chi connectivity index (χ1) is 15.5. The van der Waals surface area contributed by atoms with Gasteiger partial charge in [0.1, 0.15) is 5.75 Å².